The molecule has 0 N–H and O–H groups in total. The van der Waals surface area contributed by atoms with Crippen molar-refractivity contribution in [1.29, 1.82) is 5.26 Å². The highest BCUT2D eigenvalue weighted by Gasteiger charge is 2.19. The summed E-state index contributed by atoms with van der Waals surface area (Å²) in [5, 5.41) is 8.94. The fraction of sp³-hybridized carbons (Fsp3) is 0.538. The molecule has 1 aromatic rings. The van der Waals surface area contributed by atoms with Crippen molar-refractivity contribution < 1.29 is 4.74 Å². The van der Waals surface area contributed by atoms with E-state index < -0.39 is 0 Å². The molecule has 0 amide bonds. The predicted octanol–water partition coefficient (Wildman–Crippen LogP) is 1.82. The second kappa shape index (κ2) is 5.65. The van der Waals surface area contributed by atoms with Gasteiger partial charge >= 0.3 is 0 Å². The van der Waals surface area contributed by atoms with Gasteiger partial charge in [0.15, 0.2) is 5.75 Å². The molecule has 1 aliphatic rings. The summed E-state index contributed by atoms with van der Waals surface area (Å²) in [6.07, 6.45) is 6.91. The van der Waals surface area contributed by atoms with Gasteiger partial charge in [0.2, 0.25) is 0 Å². The summed E-state index contributed by atoms with van der Waals surface area (Å²) in [5.74, 6) is 0.592. The number of rotatable bonds is 3. The first-order valence-electron chi connectivity index (χ1n) is 5.98. The van der Waals surface area contributed by atoms with Crippen LogP contribution in [-0.4, -0.2) is 36.1 Å². The molecule has 1 saturated heterocycles. The molecule has 0 spiro atoms. The van der Waals surface area contributed by atoms with E-state index in [1.807, 2.05) is 0 Å². The molecule has 0 aliphatic carbocycles. The molecule has 1 aromatic heterocycles. The normalized spacial score (nSPS) is 20.8. The highest BCUT2D eigenvalue weighted by atomic mass is 16.5. The lowest BCUT2D eigenvalue weighted by Gasteiger charge is -2.32. The Balaban J connectivity index is 1.95. The molecule has 0 radical (unpaired) electrons. The first-order chi connectivity index (χ1) is 8.31. The van der Waals surface area contributed by atoms with Gasteiger partial charge in [0.05, 0.1) is 11.8 Å². The van der Waals surface area contributed by atoms with E-state index in [2.05, 4.69) is 23.0 Å². The standard InChI is InChI=1S/C13H17N3O/c1-16-7-3-2-4-12(16)10-17-13-9-15-6-5-11(13)8-14/h5-6,9,12H,2-4,7,10H2,1H3. The largest absolute Gasteiger partial charge is 0.489 e. The Morgan fingerprint density at radius 1 is 1.59 bits per heavy atom. The molecule has 0 aromatic carbocycles. The van der Waals surface area contributed by atoms with Gasteiger partial charge in [0.25, 0.3) is 0 Å². The lowest BCUT2D eigenvalue weighted by Crippen LogP contribution is -2.40. The molecular formula is C13H17N3O. The van der Waals surface area contributed by atoms with Crippen molar-refractivity contribution in [2.75, 3.05) is 20.2 Å². The predicted molar refractivity (Wildman–Crippen MR) is 64.7 cm³/mol. The maximum absolute atomic E-state index is 8.94. The van der Waals surface area contributed by atoms with E-state index in [-0.39, 0.29) is 0 Å². The van der Waals surface area contributed by atoms with E-state index >= 15 is 0 Å². The Morgan fingerprint density at radius 2 is 2.47 bits per heavy atom. The zero-order chi connectivity index (χ0) is 12.1. The van der Waals surface area contributed by atoms with E-state index in [0.29, 0.717) is 24.0 Å². The molecule has 1 fully saturated rings. The molecule has 2 rings (SSSR count). The zero-order valence-electron chi connectivity index (χ0n) is 10.1. The number of pyridine rings is 1. The molecule has 90 valence electrons. The second-order valence-corrected chi connectivity index (χ2v) is 4.42. The van der Waals surface area contributed by atoms with Crippen LogP contribution in [0.15, 0.2) is 18.5 Å². The molecule has 0 saturated carbocycles. The van der Waals surface area contributed by atoms with Gasteiger partial charge in [-0.05, 0) is 32.5 Å². The maximum Gasteiger partial charge on any atom is 0.155 e. The second-order valence-electron chi connectivity index (χ2n) is 4.42. The molecule has 17 heavy (non-hydrogen) atoms. The smallest absolute Gasteiger partial charge is 0.155 e. The number of hydrogen-bond acceptors (Lipinski definition) is 4. The van der Waals surface area contributed by atoms with Crippen molar-refractivity contribution in [3.8, 4) is 11.8 Å². The van der Waals surface area contributed by atoms with Gasteiger partial charge in [-0.3, -0.25) is 4.98 Å². The average Bonchev–Trinajstić information content (AvgIpc) is 2.38. The lowest BCUT2D eigenvalue weighted by atomic mass is 10.0. The summed E-state index contributed by atoms with van der Waals surface area (Å²) in [6, 6.07) is 4.25. The number of hydrogen-bond donors (Lipinski definition) is 0. The monoisotopic (exact) mass is 231 g/mol. The fourth-order valence-corrected chi connectivity index (χ4v) is 2.13. The first-order valence-corrected chi connectivity index (χ1v) is 5.98. The molecule has 2 heterocycles. The van der Waals surface area contributed by atoms with Crippen LogP contribution in [0.5, 0.6) is 5.75 Å². The van der Waals surface area contributed by atoms with Crippen molar-refractivity contribution in [3.63, 3.8) is 0 Å². The van der Waals surface area contributed by atoms with Crippen LogP contribution in [0.3, 0.4) is 0 Å². The third kappa shape index (κ3) is 2.95. The molecule has 1 atom stereocenters. The Hall–Kier alpha value is -1.60. The first kappa shape index (κ1) is 11.9. The van der Waals surface area contributed by atoms with Crippen LogP contribution in [0.2, 0.25) is 0 Å². The number of piperidine rings is 1. The van der Waals surface area contributed by atoms with Gasteiger partial charge in [0.1, 0.15) is 12.7 Å². The zero-order valence-corrected chi connectivity index (χ0v) is 10.1. The Labute approximate surface area is 102 Å². The number of nitriles is 1. The van der Waals surface area contributed by atoms with Crippen LogP contribution in [0.4, 0.5) is 0 Å². The maximum atomic E-state index is 8.94. The topological polar surface area (TPSA) is 49.1 Å². The fourth-order valence-electron chi connectivity index (χ4n) is 2.13. The number of likely N-dealkylation sites (N-methyl/N-ethyl adjacent to an activating group) is 1. The summed E-state index contributed by atoms with van der Waals surface area (Å²) in [5.41, 5.74) is 0.554. The van der Waals surface area contributed by atoms with Crippen LogP contribution >= 0.6 is 0 Å². The van der Waals surface area contributed by atoms with Gasteiger partial charge in [-0.15, -0.1) is 0 Å². The summed E-state index contributed by atoms with van der Waals surface area (Å²) in [6.45, 7) is 1.77. The van der Waals surface area contributed by atoms with Crippen molar-refractivity contribution in [1.82, 2.24) is 9.88 Å². The van der Waals surface area contributed by atoms with E-state index in [9.17, 15) is 0 Å². The third-order valence-corrected chi connectivity index (χ3v) is 3.26. The summed E-state index contributed by atoms with van der Waals surface area (Å²) < 4.78 is 5.71. The molecule has 4 heteroatoms. The number of nitrogens with zero attached hydrogens (tertiary/aromatic N) is 3. The minimum absolute atomic E-state index is 0.454. The van der Waals surface area contributed by atoms with Crippen LogP contribution in [0.1, 0.15) is 24.8 Å². The lowest BCUT2D eigenvalue weighted by molar-refractivity contribution is 0.125. The van der Waals surface area contributed by atoms with Crippen LogP contribution in [-0.2, 0) is 0 Å². The number of likely N-dealkylation sites (tertiary alicyclic amines) is 1. The van der Waals surface area contributed by atoms with Gasteiger partial charge in [-0.2, -0.15) is 5.26 Å². The quantitative estimate of drug-likeness (QED) is 0.796. The molecule has 4 nitrogen and oxygen atoms in total. The van der Waals surface area contributed by atoms with Gasteiger partial charge in [-0.1, -0.05) is 6.42 Å². The highest BCUT2D eigenvalue weighted by Crippen LogP contribution is 2.19. The minimum atomic E-state index is 0.454. The Morgan fingerprint density at radius 3 is 3.24 bits per heavy atom. The SMILES string of the molecule is CN1CCCCC1COc1cnccc1C#N. The van der Waals surface area contributed by atoms with Gasteiger partial charge < -0.3 is 9.64 Å². The third-order valence-electron chi connectivity index (χ3n) is 3.26. The summed E-state index contributed by atoms with van der Waals surface area (Å²) in [4.78, 5) is 6.31. The molecule has 1 unspecified atom stereocenters. The van der Waals surface area contributed by atoms with Crippen molar-refractivity contribution in [2.24, 2.45) is 0 Å². The highest BCUT2D eigenvalue weighted by molar-refractivity contribution is 5.40. The minimum Gasteiger partial charge on any atom is -0.489 e. The summed E-state index contributed by atoms with van der Waals surface area (Å²) >= 11 is 0. The van der Waals surface area contributed by atoms with Gasteiger partial charge in [-0.25, -0.2) is 0 Å². The van der Waals surface area contributed by atoms with E-state index in [4.69, 9.17) is 10.00 Å². The van der Waals surface area contributed by atoms with Gasteiger partial charge in [0, 0.05) is 12.2 Å². The van der Waals surface area contributed by atoms with E-state index in [1.54, 1.807) is 18.5 Å². The number of ether oxygens (including phenoxy) is 1. The molecule has 0 bridgehead atoms. The molecular weight excluding hydrogens is 214 g/mol. The molecule has 1 aliphatic heterocycles. The van der Waals surface area contributed by atoms with Crippen molar-refractivity contribution in [2.45, 2.75) is 25.3 Å². The van der Waals surface area contributed by atoms with Crippen LogP contribution in [0, 0.1) is 11.3 Å². The Bertz CT molecular complexity index is 413. The number of aromatic nitrogens is 1. The van der Waals surface area contributed by atoms with Crippen molar-refractivity contribution >= 4 is 0 Å². The Kier molecular flexibility index (Phi) is 3.94. The van der Waals surface area contributed by atoms with E-state index in [1.165, 1.54) is 19.3 Å². The average molecular weight is 231 g/mol. The van der Waals surface area contributed by atoms with E-state index in [0.717, 1.165) is 6.54 Å². The van der Waals surface area contributed by atoms with Crippen LogP contribution in [0.25, 0.3) is 0 Å². The van der Waals surface area contributed by atoms with Crippen molar-refractivity contribution in [3.05, 3.63) is 24.0 Å². The van der Waals surface area contributed by atoms with Crippen LogP contribution < -0.4 is 4.74 Å². The summed E-state index contributed by atoms with van der Waals surface area (Å²) in [7, 11) is 2.13.